The van der Waals surface area contributed by atoms with Gasteiger partial charge in [-0.3, -0.25) is 0 Å². The average molecular weight is 296 g/mol. The third-order valence-corrected chi connectivity index (χ3v) is 2.87. The minimum Gasteiger partial charge on any atom is -0.418 e. The van der Waals surface area contributed by atoms with Gasteiger partial charge in [0.1, 0.15) is 7.05 Å². The van der Waals surface area contributed by atoms with Crippen LogP contribution in [0.5, 0.6) is 0 Å². The maximum Gasteiger partial charge on any atom is 0.673 e. The first-order valence-electron chi connectivity index (χ1n) is 4.76. The van der Waals surface area contributed by atoms with Gasteiger partial charge in [0.25, 0.3) is 0 Å². The molecule has 0 fully saturated rings. The van der Waals surface area contributed by atoms with Crippen LogP contribution in [0.2, 0.25) is 0 Å². The second-order valence-electron chi connectivity index (χ2n) is 3.31. The lowest BCUT2D eigenvalue weighted by Crippen LogP contribution is -2.25. The summed E-state index contributed by atoms with van der Waals surface area (Å²) in [6.07, 6.45) is 4.04. The zero-order valence-electron chi connectivity index (χ0n) is 9.24. The van der Waals surface area contributed by atoms with Gasteiger partial charge in [-0.05, 0) is 12.2 Å². The summed E-state index contributed by atoms with van der Waals surface area (Å²) in [5.41, 5.74) is 2.26. The van der Waals surface area contributed by atoms with E-state index in [1.165, 1.54) is 5.56 Å². The Labute approximate surface area is 110 Å². The molecule has 0 saturated heterocycles. The van der Waals surface area contributed by atoms with Gasteiger partial charge in [0.05, 0.1) is 5.69 Å². The molecule has 0 atom stereocenters. The van der Waals surface area contributed by atoms with Crippen molar-refractivity contribution in [1.29, 1.82) is 0 Å². The normalized spacial score (nSPS) is 10.7. The standard InChI is InChI=1S/C9H8N2S2.BF4/c1-11-4-2-7(3-5-11)8-6-13-9(12)10-8;2-1(3,4)5/h2-6H,1H3;/q;-1/p+1. The number of rotatable bonds is 1. The van der Waals surface area contributed by atoms with Crippen LogP contribution >= 0.6 is 23.6 Å². The summed E-state index contributed by atoms with van der Waals surface area (Å²) >= 11 is 6.57. The molecule has 9 heteroatoms. The van der Waals surface area contributed by atoms with E-state index in [4.69, 9.17) is 12.2 Å². The molecule has 0 aliphatic carbocycles. The predicted octanol–water partition coefficient (Wildman–Crippen LogP) is 3.60. The highest BCUT2D eigenvalue weighted by Gasteiger charge is 2.20. The zero-order valence-corrected chi connectivity index (χ0v) is 10.9. The second kappa shape index (κ2) is 6.10. The number of pyridine rings is 1. The maximum atomic E-state index is 9.75. The fraction of sp³-hybridized carbons (Fsp3) is 0.111. The molecule has 2 aromatic heterocycles. The van der Waals surface area contributed by atoms with E-state index < -0.39 is 7.25 Å². The Bertz CT molecular complexity index is 541. The number of halogens is 4. The summed E-state index contributed by atoms with van der Waals surface area (Å²) in [5, 5.41) is 2.04. The molecular weight excluding hydrogens is 287 g/mol. The third-order valence-electron chi connectivity index (χ3n) is 1.81. The number of nitrogens with one attached hydrogen (secondary N) is 1. The topological polar surface area (TPSA) is 19.7 Å². The first-order valence-corrected chi connectivity index (χ1v) is 6.05. The summed E-state index contributed by atoms with van der Waals surface area (Å²) < 4.78 is 41.8. The van der Waals surface area contributed by atoms with E-state index in [1.54, 1.807) is 11.3 Å². The predicted molar refractivity (Wildman–Crippen MR) is 66.3 cm³/mol. The van der Waals surface area contributed by atoms with Gasteiger partial charge in [0.2, 0.25) is 0 Å². The lowest BCUT2D eigenvalue weighted by molar-refractivity contribution is -0.671. The van der Waals surface area contributed by atoms with Crippen molar-refractivity contribution < 1.29 is 21.8 Å². The molecule has 0 unspecified atom stereocenters. The fourth-order valence-electron chi connectivity index (χ4n) is 1.10. The highest BCUT2D eigenvalue weighted by atomic mass is 32.1. The van der Waals surface area contributed by atoms with E-state index >= 15 is 0 Å². The quantitative estimate of drug-likeness (QED) is 0.369. The van der Waals surface area contributed by atoms with E-state index in [-0.39, 0.29) is 0 Å². The van der Waals surface area contributed by atoms with Gasteiger partial charge >= 0.3 is 7.25 Å². The van der Waals surface area contributed by atoms with Gasteiger partial charge < -0.3 is 22.2 Å². The highest BCUT2D eigenvalue weighted by Crippen LogP contribution is 2.18. The minimum absolute atomic E-state index is 0.822. The van der Waals surface area contributed by atoms with E-state index in [1.807, 2.05) is 29.4 Å². The first kappa shape index (κ1) is 14.8. The number of hydrogen-bond donors (Lipinski definition) is 1. The van der Waals surface area contributed by atoms with Crippen LogP contribution in [0.25, 0.3) is 11.3 Å². The van der Waals surface area contributed by atoms with Crippen LogP contribution in [0.1, 0.15) is 0 Å². The van der Waals surface area contributed by atoms with Crippen LogP contribution < -0.4 is 4.57 Å². The summed E-state index contributed by atoms with van der Waals surface area (Å²) in [5.74, 6) is 0. The van der Waals surface area contributed by atoms with Crippen LogP contribution in [0.15, 0.2) is 29.9 Å². The summed E-state index contributed by atoms with van der Waals surface area (Å²) in [7, 11) is -4.00. The van der Waals surface area contributed by atoms with Crippen molar-refractivity contribution in [3.8, 4) is 11.3 Å². The number of hydrogen-bond acceptors (Lipinski definition) is 2. The van der Waals surface area contributed by atoms with Crippen LogP contribution in [0, 0.1) is 3.95 Å². The number of thiazole rings is 1. The molecule has 0 aromatic carbocycles. The molecule has 0 aliphatic rings. The Morgan fingerprint density at radius 2 is 1.72 bits per heavy atom. The van der Waals surface area contributed by atoms with Crippen LogP contribution in [-0.4, -0.2) is 12.2 Å². The van der Waals surface area contributed by atoms with Crippen molar-refractivity contribution >= 4 is 30.8 Å². The van der Waals surface area contributed by atoms with Gasteiger partial charge in [0.15, 0.2) is 16.3 Å². The Kier molecular flexibility index (Phi) is 5.03. The van der Waals surface area contributed by atoms with Crippen molar-refractivity contribution in [3.05, 3.63) is 33.9 Å². The largest absolute Gasteiger partial charge is 0.673 e. The number of aryl methyl sites for hydroxylation is 1. The molecule has 1 N–H and O–H groups in total. The van der Waals surface area contributed by atoms with Gasteiger partial charge in [0, 0.05) is 23.1 Å². The van der Waals surface area contributed by atoms with Crippen molar-refractivity contribution in [3.63, 3.8) is 0 Å². The highest BCUT2D eigenvalue weighted by molar-refractivity contribution is 7.73. The van der Waals surface area contributed by atoms with Crippen LogP contribution in [-0.2, 0) is 7.05 Å². The molecule has 98 valence electrons. The van der Waals surface area contributed by atoms with Crippen molar-refractivity contribution in [2.75, 3.05) is 0 Å². The lowest BCUT2D eigenvalue weighted by atomic mass is 10.2. The third kappa shape index (κ3) is 5.92. The molecule has 0 aliphatic heterocycles. The molecule has 2 aromatic rings. The van der Waals surface area contributed by atoms with Crippen molar-refractivity contribution in [2.45, 2.75) is 0 Å². The number of aromatic nitrogens is 2. The van der Waals surface area contributed by atoms with Gasteiger partial charge in [-0.15, -0.1) is 11.3 Å². The Morgan fingerprint density at radius 1 is 1.22 bits per heavy atom. The molecule has 2 heterocycles. The van der Waals surface area contributed by atoms with Gasteiger partial charge in [-0.1, -0.05) is 0 Å². The summed E-state index contributed by atoms with van der Waals surface area (Å²) in [4.78, 5) is 3.14. The Hall–Kier alpha value is -1.22. The molecule has 0 spiro atoms. The zero-order chi connectivity index (χ0) is 13.8. The van der Waals surface area contributed by atoms with Crippen LogP contribution in [0.4, 0.5) is 17.3 Å². The molecule has 2 rings (SSSR count). The Balaban J connectivity index is 0.000000280. The second-order valence-corrected chi connectivity index (χ2v) is 4.86. The maximum absolute atomic E-state index is 9.75. The monoisotopic (exact) mass is 296 g/mol. The Morgan fingerprint density at radius 3 is 2.11 bits per heavy atom. The lowest BCUT2D eigenvalue weighted by Gasteiger charge is -1.94. The summed E-state index contributed by atoms with van der Waals surface area (Å²) in [6, 6.07) is 4.13. The van der Waals surface area contributed by atoms with Crippen LogP contribution in [0.3, 0.4) is 0 Å². The molecule has 0 bridgehead atoms. The molecular formula is C9H9BF4N2S2. The van der Waals surface area contributed by atoms with Crippen molar-refractivity contribution in [2.24, 2.45) is 7.05 Å². The smallest absolute Gasteiger partial charge is 0.418 e. The van der Waals surface area contributed by atoms with E-state index in [0.29, 0.717) is 0 Å². The molecule has 0 saturated carbocycles. The minimum atomic E-state index is -6.00. The van der Waals surface area contributed by atoms with Crippen molar-refractivity contribution in [1.82, 2.24) is 4.98 Å². The molecule has 2 nitrogen and oxygen atoms in total. The van der Waals surface area contributed by atoms with E-state index in [9.17, 15) is 17.3 Å². The van der Waals surface area contributed by atoms with E-state index in [0.717, 1.165) is 9.65 Å². The summed E-state index contributed by atoms with van der Waals surface area (Å²) in [6.45, 7) is 0. The number of nitrogens with zero attached hydrogens (tertiary/aromatic N) is 1. The number of aromatic amines is 1. The van der Waals surface area contributed by atoms with E-state index in [2.05, 4.69) is 17.1 Å². The van der Waals surface area contributed by atoms with Gasteiger partial charge in [-0.2, -0.15) is 0 Å². The molecule has 0 radical (unpaired) electrons. The fourth-order valence-corrected chi connectivity index (χ4v) is 1.95. The van der Waals surface area contributed by atoms with Gasteiger partial charge in [-0.25, -0.2) is 4.57 Å². The average Bonchev–Trinajstić information content (AvgIpc) is 2.63. The molecule has 18 heavy (non-hydrogen) atoms. The first-order chi connectivity index (χ1) is 8.25. The number of H-pyrrole nitrogens is 1. The molecule has 0 amide bonds. The SMILES string of the molecule is C[n+]1ccc(-c2csc(=S)[nH]2)cc1.F[B-](F)(F)F.